The molecule has 0 saturated heterocycles. The minimum absolute atomic E-state index is 0.514. The first-order valence-corrected chi connectivity index (χ1v) is 7.27. The molecule has 0 saturated carbocycles. The molecular formula is C13H18BrNS. The average Bonchev–Trinajstić information content (AvgIpc) is 2.28. The van der Waals surface area contributed by atoms with Crippen LogP contribution in [-0.2, 0) is 0 Å². The van der Waals surface area contributed by atoms with Gasteiger partial charge in [-0.2, -0.15) is 0 Å². The SMILES string of the molecule is C=CCC(CSc1ccccc1Br)NCC. The number of nitrogens with one attached hydrogen (secondary N) is 1. The number of rotatable bonds is 7. The molecule has 0 spiro atoms. The second-order valence-electron chi connectivity index (χ2n) is 3.52. The van der Waals surface area contributed by atoms with Crippen molar-refractivity contribution in [1.29, 1.82) is 0 Å². The van der Waals surface area contributed by atoms with Gasteiger partial charge in [0, 0.05) is 21.2 Å². The Labute approximate surface area is 111 Å². The molecule has 1 aromatic carbocycles. The van der Waals surface area contributed by atoms with Crippen LogP contribution in [0.25, 0.3) is 0 Å². The van der Waals surface area contributed by atoms with Gasteiger partial charge in [-0.1, -0.05) is 25.1 Å². The lowest BCUT2D eigenvalue weighted by Gasteiger charge is -2.15. The number of hydrogen-bond donors (Lipinski definition) is 1. The van der Waals surface area contributed by atoms with Crippen molar-refractivity contribution in [2.75, 3.05) is 12.3 Å². The summed E-state index contributed by atoms with van der Waals surface area (Å²) < 4.78 is 1.17. The molecule has 0 radical (unpaired) electrons. The predicted molar refractivity (Wildman–Crippen MR) is 77.1 cm³/mol. The standard InChI is InChI=1S/C13H18BrNS/c1-3-7-11(15-4-2)10-16-13-9-6-5-8-12(13)14/h3,5-6,8-9,11,15H,1,4,7,10H2,2H3. The van der Waals surface area contributed by atoms with Crippen LogP contribution in [0, 0.1) is 0 Å². The Bertz CT molecular complexity index is 327. The van der Waals surface area contributed by atoms with E-state index in [0.29, 0.717) is 6.04 Å². The topological polar surface area (TPSA) is 12.0 Å². The Kier molecular flexibility index (Phi) is 6.85. The number of hydrogen-bond acceptors (Lipinski definition) is 2. The van der Waals surface area contributed by atoms with Gasteiger partial charge in [0.1, 0.15) is 0 Å². The average molecular weight is 300 g/mol. The Hall–Kier alpha value is -0.250. The van der Waals surface area contributed by atoms with Crippen molar-refractivity contribution < 1.29 is 0 Å². The summed E-state index contributed by atoms with van der Waals surface area (Å²) in [5, 5.41) is 3.47. The van der Waals surface area contributed by atoms with Gasteiger partial charge in [-0.05, 0) is 41.0 Å². The largest absolute Gasteiger partial charge is 0.313 e. The predicted octanol–water partition coefficient (Wildman–Crippen LogP) is 4.10. The van der Waals surface area contributed by atoms with Gasteiger partial charge in [0.25, 0.3) is 0 Å². The Morgan fingerprint density at radius 3 is 2.88 bits per heavy atom. The molecule has 3 heteroatoms. The molecular weight excluding hydrogens is 282 g/mol. The molecule has 88 valence electrons. The van der Waals surface area contributed by atoms with Crippen LogP contribution in [0.5, 0.6) is 0 Å². The third-order valence-electron chi connectivity index (χ3n) is 2.22. The zero-order chi connectivity index (χ0) is 11.8. The van der Waals surface area contributed by atoms with E-state index in [1.165, 1.54) is 9.37 Å². The van der Waals surface area contributed by atoms with Gasteiger partial charge in [-0.3, -0.25) is 0 Å². The van der Waals surface area contributed by atoms with Crippen LogP contribution < -0.4 is 5.32 Å². The van der Waals surface area contributed by atoms with Crippen LogP contribution in [0.4, 0.5) is 0 Å². The van der Waals surface area contributed by atoms with Crippen LogP contribution in [0.1, 0.15) is 13.3 Å². The van der Waals surface area contributed by atoms with E-state index >= 15 is 0 Å². The van der Waals surface area contributed by atoms with E-state index in [9.17, 15) is 0 Å². The van der Waals surface area contributed by atoms with Gasteiger partial charge in [0.15, 0.2) is 0 Å². The van der Waals surface area contributed by atoms with Gasteiger partial charge < -0.3 is 5.32 Å². The molecule has 1 rings (SSSR count). The van der Waals surface area contributed by atoms with Crippen LogP contribution in [0.3, 0.4) is 0 Å². The fourth-order valence-corrected chi connectivity index (χ4v) is 3.10. The molecule has 0 aromatic heterocycles. The molecule has 0 aliphatic heterocycles. The molecule has 1 N–H and O–H groups in total. The van der Waals surface area contributed by atoms with Gasteiger partial charge in [-0.15, -0.1) is 18.3 Å². The maximum atomic E-state index is 3.80. The highest BCUT2D eigenvalue weighted by Crippen LogP contribution is 2.27. The first-order valence-electron chi connectivity index (χ1n) is 5.49. The lowest BCUT2D eigenvalue weighted by atomic mass is 10.2. The van der Waals surface area contributed by atoms with Crippen LogP contribution >= 0.6 is 27.7 Å². The minimum Gasteiger partial charge on any atom is -0.313 e. The third kappa shape index (κ3) is 4.73. The summed E-state index contributed by atoms with van der Waals surface area (Å²) >= 11 is 5.44. The first kappa shape index (κ1) is 13.8. The van der Waals surface area contributed by atoms with Crippen molar-refractivity contribution in [2.24, 2.45) is 0 Å². The van der Waals surface area contributed by atoms with Gasteiger partial charge >= 0.3 is 0 Å². The first-order chi connectivity index (χ1) is 7.77. The van der Waals surface area contributed by atoms with E-state index < -0.39 is 0 Å². The fourth-order valence-electron chi connectivity index (χ4n) is 1.45. The summed E-state index contributed by atoms with van der Waals surface area (Å²) in [6, 6.07) is 8.85. The summed E-state index contributed by atoms with van der Waals surface area (Å²) in [5.74, 6) is 1.07. The Morgan fingerprint density at radius 1 is 1.50 bits per heavy atom. The summed E-state index contributed by atoms with van der Waals surface area (Å²) in [6.45, 7) is 6.94. The number of benzene rings is 1. The van der Waals surface area contributed by atoms with Crippen molar-refractivity contribution in [3.63, 3.8) is 0 Å². The maximum absolute atomic E-state index is 3.80. The van der Waals surface area contributed by atoms with Crippen LogP contribution in [-0.4, -0.2) is 18.3 Å². The van der Waals surface area contributed by atoms with Gasteiger partial charge in [-0.25, -0.2) is 0 Å². The monoisotopic (exact) mass is 299 g/mol. The van der Waals surface area contributed by atoms with Gasteiger partial charge in [0.05, 0.1) is 0 Å². The molecule has 16 heavy (non-hydrogen) atoms. The molecule has 0 amide bonds. The highest BCUT2D eigenvalue weighted by Gasteiger charge is 2.07. The smallest absolute Gasteiger partial charge is 0.0311 e. The molecule has 1 atom stereocenters. The lowest BCUT2D eigenvalue weighted by Crippen LogP contribution is -2.30. The minimum atomic E-state index is 0.514. The fraction of sp³-hybridized carbons (Fsp3) is 0.385. The van der Waals surface area contributed by atoms with Crippen LogP contribution in [0.2, 0.25) is 0 Å². The van der Waals surface area contributed by atoms with Crippen molar-refractivity contribution in [3.8, 4) is 0 Å². The zero-order valence-electron chi connectivity index (χ0n) is 9.58. The second kappa shape index (κ2) is 7.93. The second-order valence-corrected chi connectivity index (χ2v) is 5.44. The molecule has 1 unspecified atom stereocenters. The Morgan fingerprint density at radius 2 is 2.25 bits per heavy atom. The highest BCUT2D eigenvalue weighted by atomic mass is 79.9. The molecule has 0 aliphatic carbocycles. The van der Waals surface area contributed by atoms with E-state index in [1.807, 2.05) is 23.9 Å². The third-order valence-corrected chi connectivity index (χ3v) is 4.41. The highest BCUT2D eigenvalue weighted by molar-refractivity contribution is 9.10. The zero-order valence-corrected chi connectivity index (χ0v) is 12.0. The van der Waals surface area contributed by atoms with E-state index in [-0.39, 0.29) is 0 Å². The van der Waals surface area contributed by atoms with Crippen LogP contribution in [0.15, 0.2) is 46.3 Å². The number of halogens is 1. The maximum Gasteiger partial charge on any atom is 0.0311 e. The summed E-state index contributed by atoms with van der Waals surface area (Å²) in [6.07, 6.45) is 3.00. The van der Waals surface area contributed by atoms with Gasteiger partial charge in [0.2, 0.25) is 0 Å². The summed E-state index contributed by atoms with van der Waals surface area (Å²) in [5.41, 5.74) is 0. The molecule has 0 bridgehead atoms. The van der Waals surface area contributed by atoms with E-state index in [4.69, 9.17) is 0 Å². The molecule has 0 fully saturated rings. The van der Waals surface area contributed by atoms with Crippen molar-refractivity contribution in [1.82, 2.24) is 5.32 Å². The molecule has 0 aliphatic rings. The quantitative estimate of drug-likeness (QED) is 0.601. The normalized spacial score (nSPS) is 12.4. The number of thioether (sulfide) groups is 1. The van der Waals surface area contributed by atoms with E-state index in [2.05, 4.69) is 52.9 Å². The summed E-state index contributed by atoms with van der Waals surface area (Å²) in [4.78, 5) is 1.30. The van der Waals surface area contributed by atoms with E-state index in [0.717, 1.165) is 18.7 Å². The van der Waals surface area contributed by atoms with E-state index in [1.54, 1.807) is 0 Å². The van der Waals surface area contributed by atoms with Crippen molar-refractivity contribution >= 4 is 27.7 Å². The Balaban J connectivity index is 2.48. The molecule has 0 heterocycles. The summed E-state index contributed by atoms with van der Waals surface area (Å²) in [7, 11) is 0. The molecule has 1 aromatic rings. The van der Waals surface area contributed by atoms with Crippen molar-refractivity contribution in [3.05, 3.63) is 41.4 Å². The lowest BCUT2D eigenvalue weighted by molar-refractivity contribution is 0.582. The van der Waals surface area contributed by atoms with Crippen molar-refractivity contribution in [2.45, 2.75) is 24.3 Å². The molecule has 1 nitrogen and oxygen atoms in total.